The van der Waals surface area contributed by atoms with Crippen molar-refractivity contribution >= 4 is 40.2 Å². The standard InChI is InChI=1S/C13H13Cl2FN2S/c1-6-13(19-8(3)17-6)7(2)18-9-4-10(14)12(16)11(15)5-9/h4-5,7,18H,1-3H3. The van der Waals surface area contributed by atoms with Gasteiger partial charge in [0.15, 0.2) is 5.82 Å². The number of anilines is 1. The Bertz CT molecular complexity index is 590. The minimum absolute atomic E-state index is 0.0133. The lowest BCUT2D eigenvalue weighted by Crippen LogP contribution is -2.06. The van der Waals surface area contributed by atoms with Crippen LogP contribution >= 0.6 is 34.5 Å². The third kappa shape index (κ3) is 3.19. The molecule has 1 atom stereocenters. The maximum atomic E-state index is 13.3. The molecule has 1 aromatic heterocycles. The third-order valence-electron chi connectivity index (χ3n) is 2.70. The maximum absolute atomic E-state index is 13.3. The van der Waals surface area contributed by atoms with E-state index in [9.17, 15) is 4.39 Å². The topological polar surface area (TPSA) is 24.9 Å². The van der Waals surface area contributed by atoms with Crippen molar-refractivity contribution in [2.75, 3.05) is 5.32 Å². The van der Waals surface area contributed by atoms with Gasteiger partial charge in [0.2, 0.25) is 0 Å². The molecular formula is C13H13Cl2FN2S. The first kappa shape index (κ1) is 14.6. The molecule has 2 aromatic rings. The lowest BCUT2D eigenvalue weighted by Gasteiger charge is -2.15. The predicted molar refractivity (Wildman–Crippen MR) is 80.0 cm³/mol. The maximum Gasteiger partial charge on any atom is 0.160 e. The molecule has 1 aromatic carbocycles. The van der Waals surface area contributed by atoms with Crippen LogP contribution < -0.4 is 5.32 Å². The minimum Gasteiger partial charge on any atom is -0.378 e. The van der Waals surface area contributed by atoms with E-state index in [2.05, 4.69) is 10.3 Å². The van der Waals surface area contributed by atoms with Crippen molar-refractivity contribution in [3.63, 3.8) is 0 Å². The van der Waals surface area contributed by atoms with Gasteiger partial charge in [-0.25, -0.2) is 9.37 Å². The second kappa shape index (κ2) is 5.65. The van der Waals surface area contributed by atoms with E-state index in [0.29, 0.717) is 5.69 Å². The fourth-order valence-electron chi connectivity index (χ4n) is 1.90. The number of hydrogen-bond acceptors (Lipinski definition) is 3. The number of halogens is 3. The summed E-state index contributed by atoms with van der Waals surface area (Å²) in [4.78, 5) is 5.54. The third-order valence-corrected chi connectivity index (χ3v) is 4.51. The van der Waals surface area contributed by atoms with Crippen molar-refractivity contribution in [2.24, 2.45) is 0 Å². The quantitative estimate of drug-likeness (QED) is 0.768. The van der Waals surface area contributed by atoms with E-state index in [1.165, 1.54) is 12.1 Å². The summed E-state index contributed by atoms with van der Waals surface area (Å²) < 4.78 is 13.3. The van der Waals surface area contributed by atoms with Crippen LogP contribution in [0.25, 0.3) is 0 Å². The molecule has 0 amide bonds. The molecule has 6 heteroatoms. The lowest BCUT2D eigenvalue weighted by molar-refractivity contribution is 0.628. The Morgan fingerprint density at radius 3 is 2.32 bits per heavy atom. The van der Waals surface area contributed by atoms with Gasteiger partial charge in [-0.05, 0) is 32.9 Å². The summed E-state index contributed by atoms with van der Waals surface area (Å²) in [5.74, 6) is -0.591. The molecule has 1 unspecified atom stereocenters. The molecule has 0 radical (unpaired) electrons. The Balaban J connectivity index is 2.24. The number of rotatable bonds is 3. The number of nitrogens with one attached hydrogen (secondary N) is 1. The Labute approximate surface area is 125 Å². The molecule has 2 rings (SSSR count). The fourth-order valence-corrected chi connectivity index (χ4v) is 3.32. The van der Waals surface area contributed by atoms with E-state index in [0.717, 1.165) is 15.6 Å². The molecule has 1 heterocycles. The van der Waals surface area contributed by atoms with Crippen LogP contribution in [0.1, 0.15) is 28.5 Å². The van der Waals surface area contributed by atoms with Gasteiger partial charge >= 0.3 is 0 Å². The van der Waals surface area contributed by atoms with Crippen LogP contribution in [0.2, 0.25) is 10.0 Å². The second-order valence-corrected chi connectivity index (χ2v) is 6.35. The van der Waals surface area contributed by atoms with E-state index in [1.54, 1.807) is 11.3 Å². The van der Waals surface area contributed by atoms with Crippen LogP contribution in [-0.2, 0) is 0 Å². The summed E-state index contributed by atoms with van der Waals surface area (Å²) in [6, 6.07) is 3.12. The number of hydrogen-bond donors (Lipinski definition) is 1. The van der Waals surface area contributed by atoms with Gasteiger partial charge in [-0.2, -0.15) is 0 Å². The summed E-state index contributed by atoms with van der Waals surface area (Å²) in [6.45, 7) is 5.96. The second-order valence-electron chi connectivity index (χ2n) is 4.30. The van der Waals surface area contributed by atoms with E-state index in [1.807, 2.05) is 20.8 Å². The first-order valence-electron chi connectivity index (χ1n) is 5.73. The Morgan fingerprint density at radius 1 is 1.26 bits per heavy atom. The van der Waals surface area contributed by atoms with Gasteiger partial charge in [-0.3, -0.25) is 0 Å². The summed E-state index contributed by atoms with van der Waals surface area (Å²) in [7, 11) is 0. The van der Waals surface area contributed by atoms with E-state index in [-0.39, 0.29) is 16.1 Å². The highest BCUT2D eigenvalue weighted by atomic mass is 35.5. The van der Waals surface area contributed by atoms with Gasteiger partial charge in [0.1, 0.15) is 0 Å². The highest BCUT2D eigenvalue weighted by Crippen LogP contribution is 2.31. The normalized spacial score (nSPS) is 12.5. The van der Waals surface area contributed by atoms with Crippen molar-refractivity contribution in [1.82, 2.24) is 4.98 Å². The SMILES string of the molecule is Cc1nc(C)c(C(C)Nc2cc(Cl)c(F)c(Cl)c2)s1. The molecule has 0 bridgehead atoms. The summed E-state index contributed by atoms with van der Waals surface area (Å²) in [5.41, 5.74) is 1.69. The summed E-state index contributed by atoms with van der Waals surface area (Å²) in [6.07, 6.45) is 0. The van der Waals surface area contributed by atoms with Crippen LogP contribution in [0.15, 0.2) is 12.1 Å². The number of aryl methyl sites for hydroxylation is 2. The van der Waals surface area contributed by atoms with Crippen LogP contribution in [-0.4, -0.2) is 4.98 Å². The average molecular weight is 319 g/mol. The zero-order valence-electron chi connectivity index (χ0n) is 10.7. The van der Waals surface area contributed by atoms with Crippen LogP contribution in [0.4, 0.5) is 10.1 Å². The lowest BCUT2D eigenvalue weighted by atomic mass is 10.2. The Hall–Kier alpha value is -0.840. The van der Waals surface area contributed by atoms with Crippen molar-refractivity contribution < 1.29 is 4.39 Å². The van der Waals surface area contributed by atoms with Crippen molar-refractivity contribution in [3.8, 4) is 0 Å². The monoisotopic (exact) mass is 318 g/mol. The highest BCUT2D eigenvalue weighted by Gasteiger charge is 2.14. The fraction of sp³-hybridized carbons (Fsp3) is 0.308. The van der Waals surface area contributed by atoms with Gasteiger partial charge in [-0.1, -0.05) is 23.2 Å². The van der Waals surface area contributed by atoms with Crippen LogP contribution in [0, 0.1) is 19.7 Å². The highest BCUT2D eigenvalue weighted by molar-refractivity contribution is 7.11. The minimum atomic E-state index is -0.591. The van der Waals surface area contributed by atoms with Crippen molar-refractivity contribution in [2.45, 2.75) is 26.8 Å². The van der Waals surface area contributed by atoms with Gasteiger partial charge in [-0.15, -0.1) is 11.3 Å². The van der Waals surface area contributed by atoms with Crippen molar-refractivity contribution in [3.05, 3.63) is 43.6 Å². The Morgan fingerprint density at radius 2 is 1.84 bits per heavy atom. The van der Waals surface area contributed by atoms with Gasteiger partial charge < -0.3 is 5.32 Å². The molecule has 0 fully saturated rings. The molecule has 0 spiro atoms. The molecule has 0 aliphatic rings. The largest absolute Gasteiger partial charge is 0.378 e. The van der Waals surface area contributed by atoms with Gasteiger partial charge in [0, 0.05) is 10.6 Å². The van der Waals surface area contributed by atoms with E-state index < -0.39 is 5.82 Å². The molecule has 0 saturated carbocycles. The van der Waals surface area contributed by atoms with E-state index in [4.69, 9.17) is 23.2 Å². The average Bonchev–Trinajstić information content (AvgIpc) is 2.65. The number of aromatic nitrogens is 1. The molecule has 0 aliphatic heterocycles. The summed E-state index contributed by atoms with van der Waals surface area (Å²) >= 11 is 13.2. The molecule has 0 aliphatic carbocycles. The predicted octanol–water partition coefficient (Wildman–Crippen LogP) is 5.38. The smallest absolute Gasteiger partial charge is 0.160 e. The van der Waals surface area contributed by atoms with Gasteiger partial charge in [0.05, 0.1) is 26.8 Å². The first-order chi connectivity index (χ1) is 8.88. The van der Waals surface area contributed by atoms with Gasteiger partial charge in [0.25, 0.3) is 0 Å². The molecule has 0 saturated heterocycles. The number of benzene rings is 1. The molecule has 19 heavy (non-hydrogen) atoms. The molecule has 102 valence electrons. The number of thiazole rings is 1. The first-order valence-corrected chi connectivity index (χ1v) is 7.30. The van der Waals surface area contributed by atoms with Crippen LogP contribution in [0.3, 0.4) is 0 Å². The summed E-state index contributed by atoms with van der Waals surface area (Å²) in [5, 5.41) is 4.31. The Kier molecular flexibility index (Phi) is 4.33. The van der Waals surface area contributed by atoms with E-state index >= 15 is 0 Å². The molecule has 1 N–H and O–H groups in total. The molecular weight excluding hydrogens is 306 g/mol. The number of nitrogens with zero attached hydrogens (tertiary/aromatic N) is 1. The van der Waals surface area contributed by atoms with Crippen molar-refractivity contribution in [1.29, 1.82) is 0 Å². The zero-order chi connectivity index (χ0) is 14.2. The van der Waals surface area contributed by atoms with Crippen LogP contribution in [0.5, 0.6) is 0 Å². The molecule has 2 nitrogen and oxygen atoms in total. The zero-order valence-corrected chi connectivity index (χ0v) is 13.0.